The first-order chi connectivity index (χ1) is 4.47. The molecule has 0 amide bonds. The summed E-state index contributed by atoms with van der Waals surface area (Å²) in [4.78, 5) is 8.40. The molecule has 0 saturated heterocycles. The average Bonchev–Trinajstić information content (AvgIpc) is 2.33. The maximum absolute atomic E-state index is 4.22. The van der Waals surface area contributed by atoms with Crippen LogP contribution in [-0.4, -0.2) is 18.1 Å². The fraction of sp³-hybridized carbons (Fsp3) is 0.429. The largest absolute Gasteiger partial charge is 0.264 e. The Hall–Kier alpha value is -0.920. The van der Waals surface area contributed by atoms with E-state index in [1.807, 2.05) is 0 Å². The van der Waals surface area contributed by atoms with Gasteiger partial charge < -0.3 is 0 Å². The maximum Gasteiger partial charge on any atom is 0.130 e. The molecular formula is C7H8N2. The molecule has 0 N–H and O–H groups in total. The molecule has 1 heterocycles. The van der Waals surface area contributed by atoms with Crippen LogP contribution in [0.25, 0.3) is 0 Å². The van der Waals surface area contributed by atoms with E-state index in [9.17, 15) is 0 Å². The fourth-order valence-corrected chi connectivity index (χ4v) is 1.14. The molecule has 1 aliphatic carbocycles. The minimum absolute atomic E-state index is 0.662. The smallest absolute Gasteiger partial charge is 0.130 e. The maximum atomic E-state index is 4.22. The van der Waals surface area contributed by atoms with Gasteiger partial charge in [0.2, 0.25) is 0 Å². The Morgan fingerprint density at radius 1 is 1.33 bits per heavy atom. The van der Waals surface area contributed by atoms with Gasteiger partial charge in [0, 0.05) is 0 Å². The van der Waals surface area contributed by atoms with Crippen LogP contribution in [-0.2, 0) is 0 Å². The molecule has 0 bridgehead atoms. The summed E-state index contributed by atoms with van der Waals surface area (Å²) in [7, 11) is 0. The van der Waals surface area contributed by atoms with Crippen LogP contribution in [0.1, 0.15) is 12.8 Å². The predicted octanol–water partition coefficient (Wildman–Crippen LogP) is 1.19. The highest BCUT2D eigenvalue weighted by Crippen LogP contribution is 2.09. The van der Waals surface area contributed by atoms with Gasteiger partial charge in [-0.3, -0.25) is 9.98 Å². The van der Waals surface area contributed by atoms with Crippen LogP contribution in [0, 0.1) is 0 Å². The first kappa shape index (κ1) is 4.91. The molecular weight excluding hydrogens is 112 g/mol. The Balaban J connectivity index is 2.39. The van der Waals surface area contributed by atoms with Crippen molar-refractivity contribution in [1.82, 2.24) is 0 Å². The zero-order valence-corrected chi connectivity index (χ0v) is 5.17. The third-order valence-corrected chi connectivity index (χ3v) is 1.62. The summed E-state index contributed by atoms with van der Waals surface area (Å²) >= 11 is 0. The van der Waals surface area contributed by atoms with E-state index in [0.29, 0.717) is 6.67 Å². The first-order valence-electron chi connectivity index (χ1n) is 3.21. The van der Waals surface area contributed by atoms with Crippen molar-refractivity contribution in [2.75, 3.05) is 6.67 Å². The van der Waals surface area contributed by atoms with Gasteiger partial charge in [-0.15, -0.1) is 0 Å². The number of hydrogen-bond donors (Lipinski definition) is 0. The summed E-state index contributed by atoms with van der Waals surface area (Å²) in [6, 6.07) is 0. The number of aliphatic imine (C=N–C) groups is 2. The van der Waals surface area contributed by atoms with E-state index in [2.05, 4.69) is 22.1 Å². The second kappa shape index (κ2) is 1.79. The van der Waals surface area contributed by atoms with Crippen LogP contribution in [0.3, 0.4) is 0 Å². The monoisotopic (exact) mass is 120 g/mol. The SMILES string of the molecule is C1=CC2=NCN=C2CC1. The second-order valence-corrected chi connectivity index (χ2v) is 2.23. The van der Waals surface area contributed by atoms with Gasteiger partial charge in [0.25, 0.3) is 0 Å². The normalized spacial score (nSPS) is 23.1. The van der Waals surface area contributed by atoms with E-state index in [0.717, 1.165) is 18.6 Å². The minimum Gasteiger partial charge on any atom is -0.264 e. The van der Waals surface area contributed by atoms with Crippen molar-refractivity contribution in [3.05, 3.63) is 12.2 Å². The summed E-state index contributed by atoms with van der Waals surface area (Å²) in [6.45, 7) is 0.662. The Kier molecular flexibility index (Phi) is 0.979. The van der Waals surface area contributed by atoms with Crippen molar-refractivity contribution >= 4 is 11.4 Å². The van der Waals surface area contributed by atoms with Gasteiger partial charge in [-0.2, -0.15) is 0 Å². The molecule has 0 radical (unpaired) electrons. The highest BCUT2D eigenvalue weighted by atomic mass is 15.0. The van der Waals surface area contributed by atoms with Crippen molar-refractivity contribution < 1.29 is 0 Å². The third kappa shape index (κ3) is 0.707. The number of rotatable bonds is 0. The van der Waals surface area contributed by atoms with E-state index in [4.69, 9.17) is 0 Å². The molecule has 0 unspecified atom stereocenters. The van der Waals surface area contributed by atoms with Gasteiger partial charge in [0.05, 0.1) is 11.4 Å². The second-order valence-electron chi connectivity index (χ2n) is 2.23. The van der Waals surface area contributed by atoms with Gasteiger partial charge in [0.1, 0.15) is 6.67 Å². The molecule has 0 aromatic carbocycles. The Morgan fingerprint density at radius 2 is 2.33 bits per heavy atom. The van der Waals surface area contributed by atoms with Crippen LogP contribution in [0.4, 0.5) is 0 Å². The first-order valence-corrected chi connectivity index (χ1v) is 3.21. The number of allylic oxidation sites excluding steroid dienone is 2. The number of hydrogen-bond acceptors (Lipinski definition) is 2. The molecule has 1 aliphatic heterocycles. The summed E-state index contributed by atoms with van der Waals surface area (Å²) in [5, 5.41) is 0. The molecule has 0 atom stereocenters. The van der Waals surface area contributed by atoms with Crippen LogP contribution >= 0.6 is 0 Å². The van der Waals surface area contributed by atoms with Crippen LogP contribution in [0.15, 0.2) is 22.1 Å². The lowest BCUT2D eigenvalue weighted by atomic mass is 10.0. The minimum atomic E-state index is 0.662. The van der Waals surface area contributed by atoms with Crippen molar-refractivity contribution in [2.24, 2.45) is 9.98 Å². The Labute approximate surface area is 54.0 Å². The Morgan fingerprint density at radius 3 is 3.22 bits per heavy atom. The molecule has 46 valence electrons. The van der Waals surface area contributed by atoms with Crippen LogP contribution < -0.4 is 0 Å². The molecule has 0 aromatic heterocycles. The molecule has 2 rings (SSSR count). The molecule has 0 spiro atoms. The quantitative estimate of drug-likeness (QED) is 0.458. The van der Waals surface area contributed by atoms with E-state index in [1.54, 1.807) is 0 Å². The number of fused-ring (bicyclic) bond motifs is 1. The van der Waals surface area contributed by atoms with Crippen molar-refractivity contribution in [1.29, 1.82) is 0 Å². The third-order valence-electron chi connectivity index (χ3n) is 1.62. The molecule has 9 heavy (non-hydrogen) atoms. The summed E-state index contributed by atoms with van der Waals surface area (Å²) in [5.41, 5.74) is 2.32. The van der Waals surface area contributed by atoms with Crippen molar-refractivity contribution in [3.8, 4) is 0 Å². The van der Waals surface area contributed by atoms with E-state index >= 15 is 0 Å². The molecule has 0 saturated carbocycles. The fourth-order valence-electron chi connectivity index (χ4n) is 1.14. The van der Waals surface area contributed by atoms with E-state index in [1.165, 1.54) is 5.71 Å². The van der Waals surface area contributed by atoms with E-state index < -0.39 is 0 Å². The van der Waals surface area contributed by atoms with Gasteiger partial charge in [-0.25, -0.2) is 0 Å². The summed E-state index contributed by atoms with van der Waals surface area (Å²) < 4.78 is 0. The van der Waals surface area contributed by atoms with E-state index in [-0.39, 0.29) is 0 Å². The lowest BCUT2D eigenvalue weighted by molar-refractivity contribution is 1.07. The summed E-state index contributed by atoms with van der Waals surface area (Å²) in [6.07, 6.45) is 6.45. The van der Waals surface area contributed by atoms with Crippen LogP contribution in [0.2, 0.25) is 0 Å². The van der Waals surface area contributed by atoms with Gasteiger partial charge >= 0.3 is 0 Å². The topological polar surface area (TPSA) is 24.7 Å². The van der Waals surface area contributed by atoms with Gasteiger partial charge in [-0.1, -0.05) is 6.08 Å². The zero-order valence-electron chi connectivity index (χ0n) is 5.17. The Bertz CT molecular complexity index is 211. The van der Waals surface area contributed by atoms with Crippen LogP contribution in [0.5, 0.6) is 0 Å². The molecule has 0 aromatic rings. The lowest BCUT2D eigenvalue weighted by Crippen LogP contribution is -2.10. The predicted molar refractivity (Wildman–Crippen MR) is 38.1 cm³/mol. The zero-order chi connectivity index (χ0) is 6.10. The van der Waals surface area contributed by atoms with Gasteiger partial charge in [0.15, 0.2) is 0 Å². The molecule has 2 nitrogen and oxygen atoms in total. The molecule has 2 heteroatoms. The standard InChI is InChI=1S/C7H8N2/c1-2-4-7-6(3-1)8-5-9-7/h1,3H,2,4-5H2. The molecule has 0 fully saturated rings. The lowest BCUT2D eigenvalue weighted by Gasteiger charge is -2.02. The highest BCUT2D eigenvalue weighted by Gasteiger charge is 2.12. The molecule has 2 aliphatic rings. The number of nitrogens with zero attached hydrogens (tertiary/aromatic N) is 2. The highest BCUT2D eigenvalue weighted by molar-refractivity contribution is 6.47. The summed E-state index contributed by atoms with van der Waals surface area (Å²) in [5.74, 6) is 0. The van der Waals surface area contributed by atoms with Crippen molar-refractivity contribution in [2.45, 2.75) is 12.8 Å². The average molecular weight is 120 g/mol. The van der Waals surface area contributed by atoms with Gasteiger partial charge in [-0.05, 0) is 18.9 Å². The van der Waals surface area contributed by atoms with Crippen molar-refractivity contribution in [3.63, 3.8) is 0 Å².